The first-order valence-electron chi connectivity index (χ1n) is 14.9. The molecule has 47 heavy (non-hydrogen) atoms. The van der Waals surface area contributed by atoms with Gasteiger partial charge in [-0.25, -0.2) is 9.18 Å². The molecule has 0 aliphatic rings. The minimum Gasteiger partial charge on any atom is -0.480 e. The number of amides is 1. The van der Waals surface area contributed by atoms with E-state index in [0.29, 0.717) is 40.4 Å². The zero-order chi connectivity index (χ0) is 34.2. The van der Waals surface area contributed by atoms with Gasteiger partial charge >= 0.3 is 12.1 Å². The quantitative estimate of drug-likeness (QED) is 0.182. The van der Waals surface area contributed by atoms with Crippen molar-refractivity contribution in [1.29, 1.82) is 0 Å². The number of aromatic nitrogens is 1. The highest BCUT2D eigenvalue weighted by Gasteiger charge is 2.38. The fourth-order valence-corrected chi connectivity index (χ4v) is 5.99. The molecule has 7 nitrogen and oxygen atoms in total. The summed E-state index contributed by atoms with van der Waals surface area (Å²) in [4.78, 5) is 40.9. The van der Waals surface area contributed by atoms with Gasteiger partial charge < -0.3 is 19.9 Å². The zero-order valence-electron chi connectivity index (χ0n) is 26.2. The smallest absolute Gasteiger partial charge is 0.417 e. The first kappa shape index (κ1) is 33.3. The predicted octanol–water partition coefficient (Wildman–Crippen LogP) is 6.35. The summed E-state index contributed by atoms with van der Waals surface area (Å²) in [5, 5.41) is 13.0. The van der Waals surface area contributed by atoms with E-state index in [9.17, 15) is 37.1 Å². The SMILES string of the molecule is Cc1cccc(F)c1C(=O)N[C@@H](Cc1cccc2c(-c3c(C(F)(F)F)c4cc(CCN(C)C)ccc4n(C)c3=O)cccc12)C(=O)O. The molecule has 244 valence electrons. The number of carbonyl (C=O) groups excluding carboxylic acids is 1. The Morgan fingerprint density at radius 3 is 2.30 bits per heavy atom. The molecule has 0 aliphatic heterocycles. The van der Waals surface area contributed by atoms with Crippen molar-refractivity contribution in [1.82, 2.24) is 14.8 Å². The van der Waals surface area contributed by atoms with Crippen molar-refractivity contribution in [3.05, 3.63) is 117 Å². The Labute approximate surface area is 268 Å². The van der Waals surface area contributed by atoms with Crippen LogP contribution in [0, 0.1) is 12.7 Å². The lowest BCUT2D eigenvalue weighted by Crippen LogP contribution is -2.42. The Bertz CT molecular complexity index is 2070. The second kappa shape index (κ2) is 13.0. The lowest BCUT2D eigenvalue weighted by molar-refractivity contribution is -0.139. The highest BCUT2D eigenvalue weighted by molar-refractivity contribution is 6.02. The van der Waals surface area contributed by atoms with Crippen LogP contribution in [-0.2, 0) is 30.9 Å². The molecule has 0 spiro atoms. The summed E-state index contributed by atoms with van der Waals surface area (Å²) in [7, 11) is 5.17. The van der Waals surface area contributed by atoms with Crippen LogP contribution in [0.4, 0.5) is 17.6 Å². The van der Waals surface area contributed by atoms with Crippen molar-refractivity contribution in [2.75, 3.05) is 20.6 Å². The molecule has 0 saturated heterocycles. The van der Waals surface area contributed by atoms with Crippen molar-refractivity contribution >= 4 is 33.6 Å². The lowest BCUT2D eigenvalue weighted by Gasteiger charge is -2.21. The summed E-state index contributed by atoms with van der Waals surface area (Å²) in [6.45, 7) is 2.14. The van der Waals surface area contributed by atoms with Crippen molar-refractivity contribution in [3.8, 4) is 11.1 Å². The third-order valence-electron chi connectivity index (χ3n) is 8.35. The Kier molecular flexibility index (Phi) is 9.22. The Morgan fingerprint density at radius 1 is 0.957 bits per heavy atom. The molecule has 5 rings (SSSR count). The average Bonchev–Trinajstić information content (AvgIpc) is 3.00. The highest BCUT2D eigenvalue weighted by atomic mass is 19.4. The van der Waals surface area contributed by atoms with Gasteiger partial charge in [0.05, 0.1) is 22.2 Å². The molecule has 0 unspecified atom stereocenters. The largest absolute Gasteiger partial charge is 0.480 e. The van der Waals surface area contributed by atoms with Crippen LogP contribution in [0.5, 0.6) is 0 Å². The molecule has 1 atom stereocenters. The van der Waals surface area contributed by atoms with Gasteiger partial charge in [0.25, 0.3) is 11.5 Å². The number of carboxylic acid groups (broad SMARTS) is 1. The number of hydrogen-bond donors (Lipinski definition) is 2. The number of fused-ring (bicyclic) bond motifs is 2. The molecular formula is C36H33F4N3O4. The molecule has 0 radical (unpaired) electrons. The lowest BCUT2D eigenvalue weighted by atomic mass is 9.90. The van der Waals surface area contributed by atoms with Crippen molar-refractivity contribution in [2.24, 2.45) is 7.05 Å². The third kappa shape index (κ3) is 6.62. The monoisotopic (exact) mass is 647 g/mol. The minimum absolute atomic E-state index is 0.0377. The van der Waals surface area contributed by atoms with Gasteiger partial charge in [0, 0.05) is 25.4 Å². The van der Waals surface area contributed by atoms with Gasteiger partial charge in [-0.2, -0.15) is 13.2 Å². The summed E-state index contributed by atoms with van der Waals surface area (Å²) in [6, 6.07) is 16.6. The van der Waals surface area contributed by atoms with Gasteiger partial charge in [0.1, 0.15) is 11.9 Å². The van der Waals surface area contributed by atoms with E-state index >= 15 is 0 Å². The Balaban J connectivity index is 1.65. The summed E-state index contributed by atoms with van der Waals surface area (Å²) in [5.41, 5.74) is -1.08. The standard InChI is InChI=1S/C36H33F4N3O4/c1-20-8-5-13-27(37)30(20)33(44)41-28(35(46)47)19-22-9-6-11-24-23(22)10-7-12-25(24)31-32(36(38,39)40)26-18-21(16-17-42(2)3)14-15-29(26)43(4)34(31)45/h5-15,18,28H,16-17,19H2,1-4H3,(H,41,44)(H,46,47)/t28-/m0/s1. The summed E-state index contributed by atoms with van der Waals surface area (Å²) >= 11 is 0. The number of carboxylic acids is 1. The van der Waals surface area contributed by atoms with E-state index in [1.165, 1.54) is 54.9 Å². The number of rotatable bonds is 9. The molecule has 0 fully saturated rings. The molecule has 0 saturated carbocycles. The number of hydrogen-bond acceptors (Lipinski definition) is 4. The van der Waals surface area contributed by atoms with Crippen molar-refractivity contribution < 1.29 is 32.3 Å². The molecule has 5 aromatic rings. The number of alkyl halides is 3. The maximum Gasteiger partial charge on any atom is 0.417 e. The third-order valence-corrected chi connectivity index (χ3v) is 8.35. The van der Waals surface area contributed by atoms with Crippen LogP contribution in [0.2, 0.25) is 0 Å². The van der Waals surface area contributed by atoms with Crippen LogP contribution in [0.25, 0.3) is 32.8 Å². The van der Waals surface area contributed by atoms with Gasteiger partial charge in [0.2, 0.25) is 0 Å². The van der Waals surface area contributed by atoms with Gasteiger partial charge in [-0.1, -0.05) is 54.6 Å². The number of carbonyl (C=O) groups is 2. The maximum absolute atomic E-state index is 15.0. The Morgan fingerprint density at radius 2 is 1.64 bits per heavy atom. The van der Waals surface area contributed by atoms with Gasteiger partial charge in [-0.15, -0.1) is 0 Å². The van der Waals surface area contributed by atoms with Crippen molar-refractivity contribution in [2.45, 2.75) is 32.0 Å². The molecule has 1 heterocycles. The van der Waals surface area contributed by atoms with E-state index in [1.54, 1.807) is 30.3 Å². The number of halogens is 4. The molecule has 0 bridgehead atoms. The topological polar surface area (TPSA) is 91.6 Å². The first-order chi connectivity index (χ1) is 22.2. The molecule has 2 N–H and O–H groups in total. The van der Waals surface area contributed by atoms with Crippen LogP contribution in [0.3, 0.4) is 0 Å². The fourth-order valence-electron chi connectivity index (χ4n) is 5.99. The number of pyridine rings is 1. The molecule has 1 aromatic heterocycles. The number of benzene rings is 4. The number of likely N-dealkylation sites (N-methyl/N-ethyl adjacent to an activating group) is 1. The van der Waals surface area contributed by atoms with Crippen LogP contribution in [0.15, 0.2) is 77.6 Å². The van der Waals surface area contributed by atoms with Gasteiger partial charge in [-0.05, 0) is 78.7 Å². The van der Waals surface area contributed by atoms with Gasteiger partial charge in [0.15, 0.2) is 0 Å². The first-order valence-corrected chi connectivity index (χ1v) is 14.9. The highest BCUT2D eigenvalue weighted by Crippen LogP contribution is 2.42. The predicted molar refractivity (Wildman–Crippen MR) is 173 cm³/mol. The fraction of sp³-hybridized carbons (Fsp3) is 0.250. The van der Waals surface area contributed by atoms with E-state index in [4.69, 9.17) is 0 Å². The van der Waals surface area contributed by atoms with Crippen molar-refractivity contribution in [3.63, 3.8) is 0 Å². The molecule has 0 aliphatic carbocycles. The van der Waals surface area contributed by atoms with Crippen LogP contribution < -0.4 is 10.9 Å². The average molecular weight is 648 g/mol. The van der Waals surface area contributed by atoms with Gasteiger partial charge in [-0.3, -0.25) is 9.59 Å². The van der Waals surface area contributed by atoms with E-state index in [1.807, 2.05) is 19.0 Å². The normalized spacial score (nSPS) is 12.5. The van der Waals surface area contributed by atoms with Crippen LogP contribution in [0.1, 0.15) is 32.6 Å². The molecule has 11 heteroatoms. The number of aryl methyl sites for hydroxylation is 2. The summed E-state index contributed by atoms with van der Waals surface area (Å²) in [6.07, 6.45) is -4.63. The summed E-state index contributed by atoms with van der Waals surface area (Å²) in [5.74, 6) is -3.09. The molecule has 1 amide bonds. The van der Waals surface area contributed by atoms with E-state index in [0.717, 1.165) is 6.07 Å². The summed E-state index contributed by atoms with van der Waals surface area (Å²) < 4.78 is 60.6. The van der Waals surface area contributed by atoms with E-state index < -0.39 is 46.6 Å². The van der Waals surface area contributed by atoms with E-state index in [-0.39, 0.29) is 28.5 Å². The van der Waals surface area contributed by atoms with E-state index in [2.05, 4.69) is 5.32 Å². The number of nitrogens with one attached hydrogen (secondary N) is 1. The van der Waals surface area contributed by atoms with Crippen LogP contribution >= 0.6 is 0 Å². The zero-order valence-corrected chi connectivity index (χ0v) is 26.2. The maximum atomic E-state index is 15.0. The number of nitrogens with zero attached hydrogens (tertiary/aromatic N) is 2. The Hall–Kier alpha value is -5.03. The number of aliphatic carboxylic acids is 1. The molecular weight excluding hydrogens is 614 g/mol. The second-order valence-electron chi connectivity index (χ2n) is 11.8. The van der Waals surface area contributed by atoms with Crippen LogP contribution in [-0.4, -0.2) is 53.1 Å². The molecule has 4 aromatic carbocycles. The second-order valence-corrected chi connectivity index (χ2v) is 11.8. The minimum atomic E-state index is -4.88.